The van der Waals surface area contributed by atoms with Crippen LogP contribution in [0.2, 0.25) is 0 Å². The molecule has 1 N–H and O–H groups in total. The number of hydrogen-bond donors (Lipinski definition) is 1. The van der Waals surface area contributed by atoms with Crippen LogP contribution in [0.25, 0.3) is 0 Å². The highest BCUT2D eigenvalue weighted by Gasteiger charge is 2.36. The van der Waals surface area contributed by atoms with E-state index in [4.69, 9.17) is 4.42 Å². The van der Waals surface area contributed by atoms with Crippen LogP contribution in [-0.2, 0) is 4.79 Å². The molecule has 1 aromatic rings. The number of hydrogen-bond acceptors (Lipinski definition) is 7. The summed E-state index contributed by atoms with van der Waals surface area (Å²) in [6.07, 6.45) is 11.7. The fourth-order valence-electron chi connectivity index (χ4n) is 4.49. The highest BCUT2D eigenvalue weighted by Crippen LogP contribution is 2.30. The van der Waals surface area contributed by atoms with Gasteiger partial charge in [0.15, 0.2) is 0 Å². The van der Waals surface area contributed by atoms with Gasteiger partial charge in [-0.2, -0.15) is 0 Å². The molecule has 0 aliphatic heterocycles. The van der Waals surface area contributed by atoms with Crippen molar-refractivity contribution in [2.45, 2.75) is 81.9 Å². The van der Waals surface area contributed by atoms with Gasteiger partial charge in [-0.15, -0.1) is 10.2 Å². The van der Waals surface area contributed by atoms with Gasteiger partial charge in [0.05, 0.1) is 0 Å². The Kier molecular flexibility index (Phi) is 9.18. The van der Waals surface area contributed by atoms with E-state index in [1.807, 2.05) is 14.1 Å². The lowest BCUT2D eigenvalue weighted by atomic mass is 9.81. The van der Waals surface area contributed by atoms with Gasteiger partial charge in [0, 0.05) is 18.2 Å². The molecule has 1 atom stereocenters. The molecule has 0 saturated heterocycles. The molecule has 2 aliphatic rings. The van der Waals surface area contributed by atoms with E-state index in [9.17, 15) is 9.59 Å². The van der Waals surface area contributed by atoms with Gasteiger partial charge in [0.25, 0.3) is 11.1 Å². The van der Waals surface area contributed by atoms with Gasteiger partial charge in [0.1, 0.15) is 6.04 Å². The molecule has 8 heteroatoms. The Hall–Kier alpha value is -1.41. The predicted octanol–water partition coefficient (Wildman–Crippen LogP) is 3.94. The van der Waals surface area contributed by atoms with Gasteiger partial charge in [-0.25, -0.2) is 0 Å². The Morgan fingerprint density at radius 3 is 2.33 bits per heavy atom. The number of thioether (sulfide) groups is 1. The molecule has 1 heterocycles. The summed E-state index contributed by atoms with van der Waals surface area (Å²) in [6, 6.07) is -0.555. The van der Waals surface area contributed by atoms with E-state index in [0.29, 0.717) is 5.22 Å². The lowest BCUT2D eigenvalue weighted by molar-refractivity contribution is -0.126. The van der Waals surface area contributed by atoms with Gasteiger partial charge in [-0.05, 0) is 45.7 Å². The van der Waals surface area contributed by atoms with Crippen LogP contribution in [0.15, 0.2) is 9.64 Å². The Balaban J connectivity index is 1.67. The van der Waals surface area contributed by atoms with Crippen LogP contribution in [0.4, 0.5) is 0 Å². The first-order valence-corrected chi connectivity index (χ1v) is 12.5. The number of ketones is 1. The van der Waals surface area contributed by atoms with E-state index in [2.05, 4.69) is 20.4 Å². The molecule has 1 aromatic heterocycles. The summed E-state index contributed by atoms with van der Waals surface area (Å²) in [4.78, 5) is 28.4. The SMILES string of the molecule is CN(C)CCSc1nnc(C(=O)C(NC(=O)C2CCCCCC2)C2CCCCC2)o1. The molecular weight excluding hydrogens is 400 g/mol. The number of carbonyl (C=O) groups excluding carboxylic acids is 2. The van der Waals surface area contributed by atoms with Crippen molar-refractivity contribution < 1.29 is 14.0 Å². The maximum Gasteiger partial charge on any atom is 0.286 e. The molecule has 2 aliphatic carbocycles. The van der Waals surface area contributed by atoms with Crippen LogP contribution in [0.5, 0.6) is 0 Å². The lowest BCUT2D eigenvalue weighted by Crippen LogP contribution is -2.48. The minimum absolute atomic E-state index is 0.0197. The van der Waals surface area contributed by atoms with Crippen molar-refractivity contribution in [3.05, 3.63) is 5.89 Å². The molecule has 0 spiro atoms. The van der Waals surface area contributed by atoms with E-state index in [1.165, 1.54) is 31.0 Å². The van der Waals surface area contributed by atoms with Crippen molar-refractivity contribution in [1.29, 1.82) is 0 Å². The van der Waals surface area contributed by atoms with E-state index < -0.39 is 6.04 Å². The summed E-state index contributed by atoms with van der Waals surface area (Å²) in [5.41, 5.74) is 0. The van der Waals surface area contributed by atoms with Gasteiger partial charge < -0.3 is 14.6 Å². The van der Waals surface area contributed by atoms with Crippen molar-refractivity contribution in [3.8, 4) is 0 Å². The highest BCUT2D eigenvalue weighted by atomic mass is 32.2. The monoisotopic (exact) mass is 436 g/mol. The highest BCUT2D eigenvalue weighted by molar-refractivity contribution is 7.99. The van der Waals surface area contributed by atoms with Crippen LogP contribution in [0.3, 0.4) is 0 Å². The average molecular weight is 437 g/mol. The molecular formula is C22H36N4O3S. The zero-order chi connectivity index (χ0) is 21.3. The Morgan fingerprint density at radius 1 is 1.03 bits per heavy atom. The Bertz CT molecular complexity index is 680. The van der Waals surface area contributed by atoms with Crippen molar-refractivity contribution >= 4 is 23.5 Å². The second-order valence-corrected chi connectivity index (χ2v) is 10.0. The maximum atomic E-state index is 13.3. The molecule has 2 saturated carbocycles. The third kappa shape index (κ3) is 6.80. The number of amides is 1. The fourth-order valence-corrected chi connectivity index (χ4v) is 5.36. The molecule has 2 fully saturated rings. The molecule has 0 radical (unpaired) electrons. The number of Topliss-reactive ketones (excluding diaryl/α,β-unsaturated/α-hetero) is 1. The molecule has 0 bridgehead atoms. The third-order valence-corrected chi connectivity index (χ3v) is 7.11. The standard InChI is InChI=1S/C22H36N4O3S/c1-26(2)14-15-30-22-25-24-21(29-22)19(27)18(16-10-8-5-9-11-16)23-20(28)17-12-6-3-4-7-13-17/h16-18H,3-15H2,1-2H3,(H,23,28). The Labute approximate surface area is 184 Å². The zero-order valence-corrected chi connectivity index (χ0v) is 19.2. The number of nitrogens with one attached hydrogen (secondary N) is 1. The number of aromatic nitrogens is 2. The molecule has 1 unspecified atom stereocenters. The quantitative estimate of drug-likeness (QED) is 0.356. The summed E-state index contributed by atoms with van der Waals surface area (Å²) >= 11 is 1.45. The van der Waals surface area contributed by atoms with Crippen LogP contribution in [-0.4, -0.2) is 59.2 Å². The third-order valence-electron chi connectivity index (χ3n) is 6.31. The van der Waals surface area contributed by atoms with Crippen molar-refractivity contribution in [2.75, 3.05) is 26.4 Å². The summed E-state index contributed by atoms with van der Waals surface area (Å²) in [7, 11) is 4.02. The topological polar surface area (TPSA) is 88.3 Å². The van der Waals surface area contributed by atoms with E-state index in [-0.39, 0.29) is 29.4 Å². The minimum atomic E-state index is -0.555. The van der Waals surface area contributed by atoms with Gasteiger partial charge in [-0.1, -0.05) is 56.7 Å². The number of nitrogens with zero attached hydrogens (tertiary/aromatic N) is 3. The first kappa shape index (κ1) is 23.3. The molecule has 3 rings (SSSR count). The lowest BCUT2D eigenvalue weighted by Gasteiger charge is -2.30. The summed E-state index contributed by atoms with van der Waals surface area (Å²) < 4.78 is 5.67. The minimum Gasteiger partial charge on any atom is -0.408 e. The van der Waals surface area contributed by atoms with E-state index >= 15 is 0 Å². The van der Waals surface area contributed by atoms with Crippen molar-refractivity contribution in [1.82, 2.24) is 20.4 Å². The summed E-state index contributed by atoms with van der Waals surface area (Å²) in [5.74, 6) is 0.813. The van der Waals surface area contributed by atoms with Gasteiger partial charge in [0.2, 0.25) is 11.7 Å². The van der Waals surface area contributed by atoms with Gasteiger partial charge >= 0.3 is 0 Å². The normalized spacial score (nSPS) is 20.1. The van der Waals surface area contributed by atoms with Crippen LogP contribution in [0, 0.1) is 11.8 Å². The van der Waals surface area contributed by atoms with Crippen LogP contribution < -0.4 is 5.32 Å². The molecule has 30 heavy (non-hydrogen) atoms. The largest absolute Gasteiger partial charge is 0.408 e. The number of carbonyl (C=O) groups is 2. The summed E-state index contributed by atoms with van der Waals surface area (Å²) in [6.45, 7) is 0.887. The molecule has 1 amide bonds. The van der Waals surface area contributed by atoms with Crippen LogP contribution >= 0.6 is 11.8 Å². The van der Waals surface area contributed by atoms with Gasteiger partial charge in [-0.3, -0.25) is 9.59 Å². The predicted molar refractivity (Wildman–Crippen MR) is 118 cm³/mol. The first-order valence-electron chi connectivity index (χ1n) is 11.5. The first-order chi connectivity index (χ1) is 14.5. The van der Waals surface area contributed by atoms with E-state index in [1.54, 1.807) is 0 Å². The second kappa shape index (κ2) is 11.8. The molecule has 168 valence electrons. The number of rotatable bonds is 9. The Morgan fingerprint density at radius 2 is 1.67 bits per heavy atom. The second-order valence-electron chi connectivity index (χ2n) is 8.96. The molecule has 7 nitrogen and oxygen atoms in total. The van der Waals surface area contributed by atoms with Crippen LogP contribution in [0.1, 0.15) is 81.3 Å². The fraction of sp³-hybridized carbons (Fsp3) is 0.818. The van der Waals surface area contributed by atoms with E-state index in [0.717, 1.165) is 63.7 Å². The smallest absolute Gasteiger partial charge is 0.286 e. The summed E-state index contributed by atoms with van der Waals surface area (Å²) in [5, 5.41) is 11.6. The maximum absolute atomic E-state index is 13.3. The average Bonchev–Trinajstić information content (AvgIpc) is 3.04. The van der Waals surface area contributed by atoms with Crippen molar-refractivity contribution in [2.24, 2.45) is 11.8 Å². The van der Waals surface area contributed by atoms with Crippen molar-refractivity contribution in [3.63, 3.8) is 0 Å². The molecule has 0 aromatic carbocycles. The zero-order valence-electron chi connectivity index (χ0n) is 18.4.